The van der Waals surface area contributed by atoms with Gasteiger partial charge in [-0.3, -0.25) is 14.5 Å². The molecule has 1 saturated heterocycles. The third-order valence-corrected chi connectivity index (χ3v) is 5.21. The average molecular weight is 411 g/mol. The molecule has 1 fully saturated rings. The molecule has 0 bridgehead atoms. The molecule has 1 aliphatic heterocycles. The molecule has 29 heavy (non-hydrogen) atoms. The topological polar surface area (TPSA) is 72.9 Å². The number of aryl methyl sites for hydroxylation is 1. The first kappa shape index (κ1) is 20.7. The van der Waals surface area contributed by atoms with Crippen molar-refractivity contribution >= 4 is 35.0 Å². The number of benzene rings is 2. The molecule has 1 aliphatic rings. The lowest BCUT2D eigenvalue weighted by molar-refractivity contribution is -0.145. The highest BCUT2D eigenvalue weighted by molar-refractivity contribution is 8.18. The van der Waals surface area contributed by atoms with Crippen molar-refractivity contribution in [3.63, 3.8) is 0 Å². The van der Waals surface area contributed by atoms with Crippen LogP contribution in [0.3, 0.4) is 0 Å². The molecule has 0 aromatic heterocycles. The van der Waals surface area contributed by atoms with Crippen LogP contribution < -0.4 is 4.74 Å². The zero-order chi connectivity index (χ0) is 20.8. The number of ether oxygens (including phenoxy) is 2. The Morgan fingerprint density at radius 1 is 1.10 bits per heavy atom. The Hall–Kier alpha value is -3.06. The van der Waals surface area contributed by atoms with E-state index in [1.165, 1.54) is 4.90 Å². The van der Waals surface area contributed by atoms with E-state index in [1.54, 1.807) is 37.3 Å². The molecule has 2 amide bonds. The van der Waals surface area contributed by atoms with Gasteiger partial charge >= 0.3 is 5.97 Å². The number of imide groups is 1. The lowest BCUT2D eigenvalue weighted by Gasteiger charge is -2.14. The fourth-order valence-corrected chi connectivity index (χ4v) is 3.59. The van der Waals surface area contributed by atoms with E-state index < -0.39 is 5.97 Å². The van der Waals surface area contributed by atoms with Gasteiger partial charge in [-0.15, -0.1) is 0 Å². The van der Waals surface area contributed by atoms with Crippen molar-refractivity contribution in [3.8, 4) is 5.75 Å². The number of hydrogen-bond acceptors (Lipinski definition) is 6. The number of nitrogens with zero attached hydrogens (tertiary/aromatic N) is 1. The highest BCUT2D eigenvalue weighted by Gasteiger charge is 2.35. The van der Waals surface area contributed by atoms with E-state index in [0.29, 0.717) is 17.3 Å². The summed E-state index contributed by atoms with van der Waals surface area (Å²) in [6.07, 6.45) is 1.68. The predicted octanol–water partition coefficient (Wildman–Crippen LogP) is 4.17. The minimum atomic E-state index is -0.432. The molecule has 7 heteroatoms. The normalized spacial score (nSPS) is 15.1. The molecule has 150 valence electrons. The van der Waals surface area contributed by atoms with Gasteiger partial charge in [0.2, 0.25) is 0 Å². The summed E-state index contributed by atoms with van der Waals surface area (Å²) in [4.78, 5) is 38.0. The lowest BCUT2D eigenvalue weighted by Crippen LogP contribution is -2.27. The van der Waals surface area contributed by atoms with Gasteiger partial charge in [-0.25, -0.2) is 4.79 Å². The van der Waals surface area contributed by atoms with E-state index in [-0.39, 0.29) is 24.3 Å². The van der Waals surface area contributed by atoms with Crippen molar-refractivity contribution < 1.29 is 23.9 Å². The Kier molecular flexibility index (Phi) is 6.72. The van der Waals surface area contributed by atoms with Gasteiger partial charge in [0.05, 0.1) is 18.1 Å². The molecule has 0 N–H and O–H groups in total. The van der Waals surface area contributed by atoms with Crippen molar-refractivity contribution in [2.24, 2.45) is 0 Å². The smallest absolute Gasteiger partial charge is 0.344 e. The van der Waals surface area contributed by atoms with Crippen LogP contribution >= 0.6 is 11.8 Å². The molecule has 0 unspecified atom stereocenters. The molecule has 2 aromatic rings. The Labute approximate surface area is 173 Å². The van der Waals surface area contributed by atoms with Gasteiger partial charge in [0.25, 0.3) is 11.1 Å². The predicted molar refractivity (Wildman–Crippen MR) is 111 cm³/mol. The number of carbonyl (C=O) groups is 3. The van der Waals surface area contributed by atoms with Gasteiger partial charge < -0.3 is 9.47 Å². The summed E-state index contributed by atoms with van der Waals surface area (Å²) < 4.78 is 10.2. The number of thioether (sulfide) groups is 1. The van der Waals surface area contributed by atoms with Crippen LogP contribution in [0.25, 0.3) is 6.08 Å². The quantitative estimate of drug-likeness (QED) is 0.503. The average Bonchev–Trinajstić information content (AvgIpc) is 2.96. The summed E-state index contributed by atoms with van der Waals surface area (Å²) >= 11 is 0.932. The molecule has 2 aromatic carbocycles. The molecule has 0 atom stereocenters. The Morgan fingerprint density at radius 2 is 1.83 bits per heavy atom. The van der Waals surface area contributed by atoms with E-state index in [4.69, 9.17) is 9.47 Å². The van der Waals surface area contributed by atoms with Crippen LogP contribution in [0.1, 0.15) is 23.6 Å². The molecule has 0 aliphatic carbocycles. The van der Waals surface area contributed by atoms with Crippen LogP contribution in [0.2, 0.25) is 0 Å². The largest absolute Gasteiger partial charge is 0.482 e. The van der Waals surface area contributed by atoms with Gasteiger partial charge in [0.15, 0.2) is 6.61 Å². The first-order valence-corrected chi connectivity index (χ1v) is 9.98. The van der Waals surface area contributed by atoms with Crippen molar-refractivity contribution in [1.29, 1.82) is 0 Å². The van der Waals surface area contributed by atoms with Crippen molar-refractivity contribution in [2.45, 2.75) is 20.4 Å². The summed E-state index contributed by atoms with van der Waals surface area (Å²) in [5.41, 5.74) is 2.74. The van der Waals surface area contributed by atoms with Gasteiger partial charge in [0, 0.05) is 0 Å². The molecule has 3 rings (SSSR count). The van der Waals surface area contributed by atoms with E-state index in [2.05, 4.69) is 0 Å². The second kappa shape index (κ2) is 9.43. The SMILES string of the molecule is CCOC(=O)COc1ccc(/C=C2\SC(=O)N(Cc3ccccc3C)C2=O)cc1. The summed E-state index contributed by atoms with van der Waals surface area (Å²) in [5, 5.41) is -0.279. The van der Waals surface area contributed by atoms with Crippen LogP contribution in [0.15, 0.2) is 53.4 Å². The van der Waals surface area contributed by atoms with E-state index in [9.17, 15) is 14.4 Å². The Balaban J connectivity index is 1.66. The Morgan fingerprint density at radius 3 is 2.52 bits per heavy atom. The number of hydrogen-bond donors (Lipinski definition) is 0. The number of esters is 1. The standard InChI is InChI=1S/C22H21NO5S/c1-3-27-20(24)14-28-18-10-8-16(9-11-18)12-19-21(25)23(22(26)29-19)13-17-7-5-4-6-15(17)2/h4-12H,3,13-14H2,1-2H3/b19-12-. The van der Waals surface area contributed by atoms with Crippen LogP contribution in [-0.2, 0) is 20.9 Å². The number of carbonyl (C=O) groups excluding carboxylic acids is 3. The van der Waals surface area contributed by atoms with E-state index in [0.717, 1.165) is 28.5 Å². The van der Waals surface area contributed by atoms with Gasteiger partial charge in [0.1, 0.15) is 5.75 Å². The van der Waals surface area contributed by atoms with E-state index >= 15 is 0 Å². The highest BCUT2D eigenvalue weighted by Crippen LogP contribution is 2.33. The zero-order valence-electron chi connectivity index (χ0n) is 16.2. The summed E-state index contributed by atoms with van der Waals surface area (Å²) in [6.45, 7) is 4.09. The minimum Gasteiger partial charge on any atom is -0.482 e. The highest BCUT2D eigenvalue weighted by atomic mass is 32.2. The molecule has 1 heterocycles. The lowest BCUT2D eigenvalue weighted by atomic mass is 10.1. The molecular weight excluding hydrogens is 390 g/mol. The second-order valence-electron chi connectivity index (χ2n) is 6.36. The van der Waals surface area contributed by atoms with Crippen LogP contribution in [0.5, 0.6) is 5.75 Å². The maximum Gasteiger partial charge on any atom is 0.344 e. The van der Waals surface area contributed by atoms with Gasteiger partial charge in [-0.2, -0.15) is 0 Å². The molecule has 6 nitrogen and oxygen atoms in total. The van der Waals surface area contributed by atoms with Crippen molar-refractivity contribution in [2.75, 3.05) is 13.2 Å². The van der Waals surface area contributed by atoms with E-state index in [1.807, 2.05) is 31.2 Å². The fourth-order valence-electron chi connectivity index (χ4n) is 2.75. The van der Waals surface area contributed by atoms with Crippen LogP contribution in [-0.4, -0.2) is 35.2 Å². The number of amides is 2. The first-order chi connectivity index (χ1) is 14.0. The summed E-state index contributed by atoms with van der Waals surface area (Å²) in [5.74, 6) is -0.215. The van der Waals surface area contributed by atoms with Gasteiger partial charge in [-0.1, -0.05) is 36.4 Å². The third kappa shape index (κ3) is 5.26. The van der Waals surface area contributed by atoms with Crippen molar-refractivity contribution in [3.05, 3.63) is 70.1 Å². The van der Waals surface area contributed by atoms with Crippen LogP contribution in [0.4, 0.5) is 4.79 Å². The molecular formula is C22H21NO5S. The van der Waals surface area contributed by atoms with Gasteiger partial charge in [-0.05, 0) is 60.5 Å². The molecule has 0 spiro atoms. The molecule has 0 radical (unpaired) electrons. The molecule has 0 saturated carbocycles. The monoisotopic (exact) mass is 411 g/mol. The summed E-state index contributed by atoms with van der Waals surface area (Å²) in [6, 6.07) is 14.6. The maximum atomic E-state index is 12.7. The fraction of sp³-hybridized carbons (Fsp3) is 0.227. The first-order valence-electron chi connectivity index (χ1n) is 9.16. The number of rotatable bonds is 7. The summed E-state index contributed by atoms with van der Waals surface area (Å²) in [7, 11) is 0. The minimum absolute atomic E-state index is 0.162. The Bertz CT molecular complexity index is 952. The van der Waals surface area contributed by atoms with Crippen molar-refractivity contribution in [1.82, 2.24) is 4.90 Å². The maximum absolute atomic E-state index is 12.7. The third-order valence-electron chi connectivity index (χ3n) is 4.30. The zero-order valence-corrected chi connectivity index (χ0v) is 17.0. The van der Waals surface area contributed by atoms with Crippen LogP contribution in [0, 0.1) is 6.92 Å². The second-order valence-corrected chi connectivity index (χ2v) is 7.35.